The van der Waals surface area contributed by atoms with E-state index in [1.54, 1.807) is 4.90 Å². The van der Waals surface area contributed by atoms with Gasteiger partial charge < -0.3 is 23.9 Å². The van der Waals surface area contributed by atoms with E-state index in [1.165, 1.54) is 5.56 Å². The van der Waals surface area contributed by atoms with Gasteiger partial charge in [0.25, 0.3) is 0 Å². The molecule has 0 radical (unpaired) electrons. The fraction of sp³-hybridized carbons (Fsp3) is 0.571. The number of fused-ring (bicyclic) bond motifs is 1. The van der Waals surface area contributed by atoms with Crippen LogP contribution >= 0.6 is 0 Å². The number of ether oxygens (including phenoxy) is 3. The van der Waals surface area contributed by atoms with Crippen molar-refractivity contribution in [2.24, 2.45) is 0 Å². The number of imidazole rings is 1. The largest absolute Gasteiger partial charge is 0.444 e. The Morgan fingerprint density at radius 2 is 2.10 bits per heavy atom. The van der Waals surface area contributed by atoms with E-state index in [0.717, 1.165) is 18.5 Å². The zero-order chi connectivity index (χ0) is 21.1. The second-order valence-electron chi connectivity index (χ2n) is 9.38. The van der Waals surface area contributed by atoms with Gasteiger partial charge in [-0.1, -0.05) is 0 Å². The lowest BCUT2D eigenvalue weighted by atomic mass is 10.0. The molecule has 2 aromatic rings. The number of nitrogens with one attached hydrogen (secondary N) is 1. The Hall–Kier alpha value is -2.81. The van der Waals surface area contributed by atoms with Gasteiger partial charge in [0.05, 0.1) is 37.7 Å². The lowest BCUT2D eigenvalue weighted by molar-refractivity contribution is -0.155. The van der Waals surface area contributed by atoms with Gasteiger partial charge >= 0.3 is 12.2 Å². The fourth-order valence-corrected chi connectivity index (χ4v) is 3.84. The summed E-state index contributed by atoms with van der Waals surface area (Å²) in [6.45, 7) is 6.99. The number of amides is 2. The van der Waals surface area contributed by atoms with Crippen LogP contribution in [-0.2, 0) is 20.8 Å². The summed E-state index contributed by atoms with van der Waals surface area (Å²) in [5.41, 5.74) is 2.15. The predicted octanol–water partition coefficient (Wildman–Crippen LogP) is 2.96. The van der Waals surface area contributed by atoms with Crippen LogP contribution in [0.4, 0.5) is 15.3 Å². The van der Waals surface area contributed by atoms with Gasteiger partial charge in [-0.3, -0.25) is 4.90 Å². The number of hydrogen-bond donors (Lipinski definition) is 1. The Morgan fingerprint density at radius 1 is 1.33 bits per heavy atom. The van der Waals surface area contributed by atoms with Crippen molar-refractivity contribution in [3.8, 4) is 0 Å². The first-order chi connectivity index (χ1) is 14.2. The van der Waals surface area contributed by atoms with Crippen LogP contribution in [0, 0.1) is 0 Å². The summed E-state index contributed by atoms with van der Waals surface area (Å²) >= 11 is 0. The van der Waals surface area contributed by atoms with E-state index >= 15 is 0 Å². The van der Waals surface area contributed by atoms with Gasteiger partial charge in [-0.15, -0.1) is 0 Å². The van der Waals surface area contributed by atoms with Crippen LogP contribution in [-0.4, -0.2) is 52.5 Å². The Labute approximate surface area is 174 Å². The minimum atomic E-state index is -0.563. The predicted molar refractivity (Wildman–Crippen MR) is 108 cm³/mol. The van der Waals surface area contributed by atoms with Crippen LogP contribution in [0.1, 0.15) is 50.8 Å². The molecular weight excluding hydrogens is 388 g/mol. The maximum Gasteiger partial charge on any atom is 0.415 e. The molecule has 9 heteroatoms. The second kappa shape index (κ2) is 6.60. The number of nitrogens with zero attached hydrogens (tertiary/aromatic N) is 3. The Bertz CT molecular complexity index is 1020. The molecule has 0 aromatic carbocycles. The van der Waals surface area contributed by atoms with Crippen molar-refractivity contribution in [1.82, 2.24) is 14.7 Å². The molecule has 1 N–H and O–H groups in total. The number of aromatic nitrogens is 2. The first kappa shape index (κ1) is 19.2. The summed E-state index contributed by atoms with van der Waals surface area (Å²) < 4.78 is 18.1. The quantitative estimate of drug-likeness (QED) is 0.827. The number of rotatable bonds is 4. The van der Waals surface area contributed by atoms with Crippen molar-refractivity contribution in [3.05, 3.63) is 29.7 Å². The average Bonchev–Trinajstić information content (AvgIpc) is 3.29. The molecule has 2 amide bonds. The summed E-state index contributed by atoms with van der Waals surface area (Å²) in [4.78, 5) is 30.9. The van der Waals surface area contributed by atoms with Crippen molar-refractivity contribution < 1.29 is 23.8 Å². The first-order valence-corrected chi connectivity index (χ1v) is 10.3. The SMILES string of the molecule is CC(C)(C)OC(=O)NCc1cn2cc(C3CC3)cc(N3CC4(COC4)OC3=O)c2n1. The standard InChI is InChI=1S/C21H26N4O5/c1-20(2,3)29-18(26)22-7-15-9-24-8-14(13-4-5-13)6-16(17(24)23-15)25-10-21(11-28-12-21)30-19(25)27/h6,8-9,13H,4-5,7,10-12H2,1-3H3,(H,22,26). The molecule has 160 valence electrons. The molecule has 0 unspecified atom stereocenters. The van der Waals surface area contributed by atoms with E-state index in [2.05, 4.69) is 16.5 Å². The second-order valence-corrected chi connectivity index (χ2v) is 9.38. The normalized spacial score (nSPS) is 20.4. The van der Waals surface area contributed by atoms with Crippen LogP contribution < -0.4 is 10.2 Å². The van der Waals surface area contributed by atoms with E-state index in [-0.39, 0.29) is 12.6 Å². The molecule has 0 bridgehead atoms. The maximum absolute atomic E-state index is 12.6. The molecule has 5 rings (SSSR count). The topological polar surface area (TPSA) is 94.4 Å². The van der Waals surface area contributed by atoms with Gasteiger partial charge in [0.1, 0.15) is 5.60 Å². The van der Waals surface area contributed by atoms with Crippen LogP contribution in [0.25, 0.3) is 5.65 Å². The third-order valence-corrected chi connectivity index (χ3v) is 5.46. The van der Waals surface area contributed by atoms with Crippen molar-refractivity contribution in [2.75, 3.05) is 24.7 Å². The molecule has 3 aliphatic rings. The highest BCUT2D eigenvalue weighted by atomic mass is 16.6. The van der Waals surface area contributed by atoms with E-state index < -0.39 is 17.3 Å². The van der Waals surface area contributed by atoms with Gasteiger partial charge in [-0.2, -0.15) is 0 Å². The Kier molecular flexibility index (Phi) is 4.22. The molecule has 1 aliphatic carbocycles. The molecular formula is C21H26N4O5. The highest BCUT2D eigenvalue weighted by Crippen LogP contribution is 2.43. The molecule has 1 saturated carbocycles. The van der Waals surface area contributed by atoms with Gasteiger partial charge in [0, 0.05) is 12.4 Å². The zero-order valence-corrected chi connectivity index (χ0v) is 17.4. The summed E-state index contributed by atoms with van der Waals surface area (Å²) in [5, 5.41) is 2.74. The smallest absolute Gasteiger partial charge is 0.415 e. The molecule has 1 spiro atoms. The van der Waals surface area contributed by atoms with Crippen molar-refractivity contribution in [3.63, 3.8) is 0 Å². The van der Waals surface area contributed by atoms with Gasteiger partial charge in [-0.25, -0.2) is 14.6 Å². The number of pyridine rings is 1. The van der Waals surface area contributed by atoms with Crippen LogP contribution in [0.3, 0.4) is 0 Å². The van der Waals surface area contributed by atoms with Gasteiger partial charge in [-0.05, 0) is 51.2 Å². The van der Waals surface area contributed by atoms with E-state index in [9.17, 15) is 9.59 Å². The number of anilines is 1. The van der Waals surface area contributed by atoms with Crippen LogP contribution in [0.2, 0.25) is 0 Å². The summed E-state index contributed by atoms with van der Waals surface area (Å²) in [7, 11) is 0. The lowest BCUT2D eigenvalue weighted by Crippen LogP contribution is -2.52. The number of carbonyl (C=O) groups excluding carboxylic acids is 2. The van der Waals surface area contributed by atoms with E-state index in [0.29, 0.717) is 37.0 Å². The minimum Gasteiger partial charge on any atom is -0.444 e. The third-order valence-electron chi connectivity index (χ3n) is 5.46. The highest BCUT2D eigenvalue weighted by Gasteiger charge is 2.52. The number of alkyl carbamates (subject to hydrolysis) is 1. The van der Waals surface area contributed by atoms with E-state index in [4.69, 9.17) is 14.2 Å². The third kappa shape index (κ3) is 3.58. The molecule has 2 saturated heterocycles. The van der Waals surface area contributed by atoms with Gasteiger partial charge in [0.15, 0.2) is 11.2 Å². The molecule has 3 fully saturated rings. The molecule has 4 heterocycles. The molecule has 2 aromatic heterocycles. The van der Waals surface area contributed by atoms with Crippen LogP contribution in [0.5, 0.6) is 0 Å². The summed E-state index contributed by atoms with van der Waals surface area (Å²) in [6.07, 6.45) is 5.37. The van der Waals surface area contributed by atoms with E-state index in [1.807, 2.05) is 37.4 Å². The monoisotopic (exact) mass is 414 g/mol. The Morgan fingerprint density at radius 3 is 2.70 bits per heavy atom. The summed E-state index contributed by atoms with van der Waals surface area (Å²) in [5.74, 6) is 0.513. The average molecular weight is 414 g/mol. The van der Waals surface area contributed by atoms with Crippen molar-refractivity contribution in [1.29, 1.82) is 0 Å². The Balaban J connectivity index is 1.43. The lowest BCUT2D eigenvalue weighted by Gasteiger charge is -2.34. The molecule has 2 aliphatic heterocycles. The number of carbonyl (C=O) groups is 2. The minimum absolute atomic E-state index is 0.233. The molecule has 30 heavy (non-hydrogen) atoms. The van der Waals surface area contributed by atoms with Crippen LogP contribution in [0.15, 0.2) is 18.5 Å². The highest BCUT2D eigenvalue weighted by molar-refractivity contribution is 5.95. The van der Waals surface area contributed by atoms with Gasteiger partial charge in [0.2, 0.25) is 0 Å². The molecule has 0 atom stereocenters. The maximum atomic E-state index is 12.6. The number of hydrogen-bond acceptors (Lipinski definition) is 6. The van der Waals surface area contributed by atoms with Crippen molar-refractivity contribution in [2.45, 2.75) is 57.3 Å². The summed E-state index contributed by atoms with van der Waals surface area (Å²) in [6, 6.07) is 2.05. The fourth-order valence-electron chi connectivity index (χ4n) is 3.84. The first-order valence-electron chi connectivity index (χ1n) is 10.3. The molecule has 9 nitrogen and oxygen atoms in total. The van der Waals surface area contributed by atoms with Crippen molar-refractivity contribution >= 4 is 23.5 Å². The zero-order valence-electron chi connectivity index (χ0n) is 17.4.